The number of ether oxygens (including phenoxy) is 1. The first-order valence-electron chi connectivity index (χ1n) is 12.9. The Kier molecular flexibility index (Phi) is 8.57. The molecule has 1 aliphatic rings. The second-order valence-corrected chi connectivity index (χ2v) is 10.9. The number of carbonyl (C=O) groups is 2. The summed E-state index contributed by atoms with van der Waals surface area (Å²) in [6.45, 7) is 0.531. The van der Waals surface area contributed by atoms with E-state index < -0.39 is 12.0 Å². The van der Waals surface area contributed by atoms with Gasteiger partial charge in [-0.2, -0.15) is 0 Å². The van der Waals surface area contributed by atoms with Crippen LogP contribution in [-0.2, 0) is 14.3 Å². The predicted molar refractivity (Wildman–Crippen MR) is 159 cm³/mol. The Hall–Kier alpha value is -4.01. The third-order valence-corrected chi connectivity index (χ3v) is 8.06. The quantitative estimate of drug-likeness (QED) is 0.247. The number of halogens is 1. The molecule has 0 bridgehead atoms. The molecule has 9 heteroatoms. The third kappa shape index (κ3) is 6.24. The topological polar surface area (TPSA) is 71.8 Å². The SMILES string of the molecule is COC(=O)CN(c1ccc(Sc2ccc(Cl)cc2)cc1)C1CCCN(c2ccc(-n3ccccc3=O)cc2)C1=O. The van der Waals surface area contributed by atoms with Gasteiger partial charge in [0.2, 0.25) is 5.91 Å². The number of amides is 1. The van der Waals surface area contributed by atoms with Gasteiger partial charge in [-0.3, -0.25) is 19.0 Å². The number of nitrogens with zero attached hydrogens (tertiary/aromatic N) is 3. The second-order valence-electron chi connectivity index (χ2n) is 9.33. The van der Waals surface area contributed by atoms with Gasteiger partial charge in [0, 0.05) is 50.7 Å². The smallest absolute Gasteiger partial charge is 0.325 e. The van der Waals surface area contributed by atoms with Crippen LogP contribution in [0.4, 0.5) is 11.4 Å². The first kappa shape index (κ1) is 27.6. The van der Waals surface area contributed by atoms with Gasteiger partial charge in [-0.05, 0) is 91.7 Å². The molecule has 0 radical (unpaired) electrons. The van der Waals surface area contributed by atoms with E-state index in [1.807, 2.05) is 77.7 Å². The maximum atomic E-state index is 13.8. The Labute approximate surface area is 241 Å². The van der Waals surface area contributed by atoms with Gasteiger partial charge in [0.15, 0.2) is 0 Å². The molecule has 1 aliphatic heterocycles. The highest BCUT2D eigenvalue weighted by molar-refractivity contribution is 7.99. The van der Waals surface area contributed by atoms with Crippen LogP contribution in [0.3, 0.4) is 0 Å². The molecule has 0 N–H and O–H groups in total. The van der Waals surface area contributed by atoms with Crippen LogP contribution >= 0.6 is 23.4 Å². The summed E-state index contributed by atoms with van der Waals surface area (Å²) in [7, 11) is 1.35. The van der Waals surface area contributed by atoms with Gasteiger partial charge in [-0.25, -0.2) is 0 Å². The van der Waals surface area contributed by atoms with Gasteiger partial charge in [0.1, 0.15) is 12.6 Å². The molecule has 204 valence electrons. The van der Waals surface area contributed by atoms with Gasteiger partial charge < -0.3 is 14.5 Å². The fourth-order valence-electron chi connectivity index (χ4n) is 4.77. The van der Waals surface area contributed by atoms with Crippen LogP contribution in [0, 0.1) is 0 Å². The molecule has 40 heavy (non-hydrogen) atoms. The fourth-order valence-corrected chi connectivity index (χ4v) is 5.71. The molecule has 3 aromatic carbocycles. The van der Waals surface area contributed by atoms with Gasteiger partial charge >= 0.3 is 5.97 Å². The van der Waals surface area contributed by atoms with Crippen molar-refractivity contribution in [2.75, 3.05) is 30.0 Å². The number of methoxy groups -OCH3 is 1. The van der Waals surface area contributed by atoms with Gasteiger partial charge in [-0.1, -0.05) is 29.4 Å². The van der Waals surface area contributed by atoms with E-state index in [-0.39, 0.29) is 18.0 Å². The molecule has 4 aromatic rings. The molecule has 0 aliphatic carbocycles. The maximum absolute atomic E-state index is 13.8. The molecular weight excluding hydrogens is 546 g/mol. The summed E-state index contributed by atoms with van der Waals surface area (Å²) in [5.74, 6) is -0.499. The molecule has 1 aromatic heterocycles. The summed E-state index contributed by atoms with van der Waals surface area (Å²) >= 11 is 7.60. The summed E-state index contributed by atoms with van der Waals surface area (Å²) in [5, 5.41) is 0.687. The first-order valence-corrected chi connectivity index (χ1v) is 14.1. The highest BCUT2D eigenvalue weighted by atomic mass is 35.5. The van der Waals surface area contributed by atoms with Crippen molar-refractivity contribution < 1.29 is 14.3 Å². The van der Waals surface area contributed by atoms with E-state index in [2.05, 4.69) is 0 Å². The van der Waals surface area contributed by atoms with E-state index in [4.69, 9.17) is 16.3 Å². The minimum atomic E-state index is -0.529. The maximum Gasteiger partial charge on any atom is 0.325 e. The number of piperidine rings is 1. The molecule has 1 saturated heterocycles. The van der Waals surface area contributed by atoms with Crippen molar-refractivity contribution >= 4 is 46.6 Å². The number of anilines is 2. The Morgan fingerprint density at radius 3 is 2.23 bits per heavy atom. The van der Waals surface area contributed by atoms with Crippen molar-refractivity contribution in [2.45, 2.75) is 28.7 Å². The summed E-state index contributed by atoms with van der Waals surface area (Å²) in [6.07, 6.45) is 3.10. The van der Waals surface area contributed by atoms with E-state index in [0.717, 1.165) is 33.3 Å². The van der Waals surface area contributed by atoms with E-state index in [1.54, 1.807) is 39.6 Å². The summed E-state index contributed by atoms with van der Waals surface area (Å²) in [4.78, 5) is 44.1. The lowest BCUT2D eigenvalue weighted by Crippen LogP contribution is -2.54. The summed E-state index contributed by atoms with van der Waals surface area (Å²) in [5.41, 5.74) is 2.11. The third-order valence-electron chi connectivity index (χ3n) is 6.79. The normalized spacial score (nSPS) is 15.1. The Balaban J connectivity index is 1.37. The van der Waals surface area contributed by atoms with Crippen LogP contribution in [0.2, 0.25) is 5.02 Å². The minimum Gasteiger partial charge on any atom is -0.468 e. The Bertz CT molecular complexity index is 1540. The monoisotopic (exact) mass is 573 g/mol. The van der Waals surface area contributed by atoms with Crippen molar-refractivity contribution in [2.24, 2.45) is 0 Å². The highest BCUT2D eigenvalue weighted by Crippen LogP contribution is 2.32. The van der Waals surface area contributed by atoms with E-state index in [9.17, 15) is 14.4 Å². The minimum absolute atomic E-state index is 0.0414. The summed E-state index contributed by atoms with van der Waals surface area (Å²) in [6, 6.07) is 27.3. The number of benzene rings is 3. The predicted octanol–water partition coefficient (Wildman–Crippen LogP) is 5.82. The first-order chi connectivity index (χ1) is 19.4. The molecule has 7 nitrogen and oxygen atoms in total. The lowest BCUT2D eigenvalue weighted by Gasteiger charge is -2.39. The van der Waals surface area contributed by atoms with Crippen LogP contribution in [0.25, 0.3) is 5.69 Å². The van der Waals surface area contributed by atoms with Crippen molar-refractivity contribution in [3.8, 4) is 5.69 Å². The number of aromatic nitrogens is 1. The molecule has 1 atom stereocenters. The summed E-state index contributed by atoms with van der Waals surface area (Å²) < 4.78 is 6.52. The van der Waals surface area contributed by atoms with Crippen LogP contribution in [0.15, 0.2) is 112 Å². The zero-order chi connectivity index (χ0) is 28.1. The van der Waals surface area contributed by atoms with Crippen LogP contribution in [0.5, 0.6) is 0 Å². The standard InChI is InChI=1S/C31H28ClN3O4S/c1-39-30(37)21-35(25-13-17-27(18-14-25)40-26-15-7-22(32)8-16-26)28-5-4-20-34(31(28)38)24-11-9-23(10-12-24)33-19-3-2-6-29(33)36/h2-3,6-19,28H,4-5,20-21H2,1H3. The fraction of sp³-hybridized carbons (Fsp3) is 0.194. The number of hydrogen-bond acceptors (Lipinski definition) is 6. The van der Waals surface area contributed by atoms with Gasteiger partial charge in [-0.15, -0.1) is 0 Å². The highest BCUT2D eigenvalue weighted by Gasteiger charge is 2.35. The van der Waals surface area contributed by atoms with Crippen LogP contribution in [-0.4, -0.2) is 42.7 Å². The number of rotatable bonds is 8. The van der Waals surface area contributed by atoms with E-state index >= 15 is 0 Å². The largest absolute Gasteiger partial charge is 0.468 e. The zero-order valence-electron chi connectivity index (χ0n) is 21.9. The molecule has 1 fully saturated rings. The van der Waals surface area contributed by atoms with Crippen molar-refractivity contribution in [3.63, 3.8) is 0 Å². The Morgan fingerprint density at radius 1 is 0.925 bits per heavy atom. The van der Waals surface area contributed by atoms with Crippen LogP contribution in [0.1, 0.15) is 12.8 Å². The number of hydrogen-bond donors (Lipinski definition) is 0. The van der Waals surface area contributed by atoms with Gasteiger partial charge in [0.05, 0.1) is 7.11 Å². The second kappa shape index (κ2) is 12.4. The van der Waals surface area contributed by atoms with Gasteiger partial charge in [0.25, 0.3) is 5.56 Å². The lowest BCUT2D eigenvalue weighted by atomic mass is 10.0. The molecule has 1 amide bonds. The van der Waals surface area contributed by atoms with Crippen molar-refractivity contribution in [3.05, 3.63) is 113 Å². The van der Waals surface area contributed by atoms with Crippen molar-refractivity contribution in [1.29, 1.82) is 0 Å². The number of carbonyl (C=O) groups excluding carboxylic acids is 2. The van der Waals surface area contributed by atoms with E-state index in [1.165, 1.54) is 13.2 Å². The Morgan fingerprint density at radius 2 is 1.57 bits per heavy atom. The molecule has 0 saturated carbocycles. The van der Waals surface area contributed by atoms with Crippen LogP contribution < -0.4 is 15.4 Å². The number of esters is 1. The zero-order valence-corrected chi connectivity index (χ0v) is 23.5. The molecule has 0 spiro atoms. The average molecular weight is 574 g/mol. The molecule has 5 rings (SSSR count). The van der Waals surface area contributed by atoms with Crippen molar-refractivity contribution in [1.82, 2.24) is 4.57 Å². The average Bonchev–Trinajstić information content (AvgIpc) is 2.98. The number of pyridine rings is 1. The molecular formula is C31H28ClN3O4S. The van der Waals surface area contributed by atoms with E-state index in [0.29, 0.717) is 18.0 Å². The molecule has 2 heterocycles. The lowest BCUT2D eigenvalue weighted by molar-refractivity contribution is -0.139. The molecule has 1 unspecified atom stereocenters.